The van der Waals surface area contributed by atoms with Gasteiger partial charge in [-0.15, -0.1) is 0 Å². The third-order valence-corrected chi connectivity index (χ3v) is 5.49. The second-order valence-electron chi connectivity index (χ2n) is 5.36. The average molecular weight is 227 g/mol. The number of thioether (sulfide) groups is 1. The van der Waals surface area contributed by atoms with Crippen molar-refractivity contribution in [1.82, 2.24) is 5.32 Å². The van der Waals surface area contributed by atoms with Gasteiger partial charge in [-0.05, 0) is 30.9 Å². The number of hydrogen-bond donors (Lipinski definition) is 1. The van der Waals surface area contributed by atoms with Gasteiger partial charge >= 0.3 is 0 Å². The van der Waals surface area contributed by atoms with E-state index in [9.17, 15) is 0 Å². The van der Waals surface area contributed by atoms with Gasteiger partial charge < -0.3 is 5.32 Å². The Balaban J connectivity index is 1.85. The van der Waals surface area contributed by atoms with Gasteiger partial charge in [0.25, 0.3) is 0 Å². The van der Waals surface area contributed by atoms with E-state index < -0.39 is 0 Å². The van der Waals surface area contributed by atoms with Gasteiger partial charge in [0.05, 0.1) is 0 Å². The lowest BCUT2D eigenvalue weighted by Gasteiger charge is -2.28. The van der Waals surface area contributed by atoms with Gasteiger partial charge in [0.15, 0.2) is 0 Å². The lowest BCUT2D eigenvalue weighted by molar-refractivity contribution is 0.319. The Morgan fingerprint density at radius 3 is 2.47 bits per heavy atom. The maximum absolute atomic E-state index is 3.94. The molecule has 4 unspecified atom stereocenters. The lowest BCUT2D eigenvalue weighted by Crippen LogP contribution is -2.44. The van der Waals surface area contributed by atoms with Crippen LogP contribution in [0.5, 0.6) is 0 Å². The molecule has 2 aliphatic rings. The van der Waals surface area contributed by atoms with Crippen LogP contribution in [0.3, 0.4) is 0 Å². The summed E-state index contributed by atoms with van der Waals surface area (Å²) in [5.41, 5.74) is 0. The Labute approximate surface area is 98.8 Å². The summed E-state index contributed by atoms with van der Waals surface area (Å²) in [6.45, 7) is 4.83. The highest BCUT2D eigenvalue weighted by atomic mass is 32.2. The molecule has 15 heavy (non-hydrogen) atoms. The summed E-state index contributed by atoms with van der Waals surface area (Å²) in [7, 11) is 0. The van der Waals surface area contributed by atoms with Crippen LogP contribution in [0.2, 0.25) is 0 Å². The molecule has 1 aliphatic heterocycles. The van der Waals surface area contributed by atoms with Crippen molar-refractivity contribution in [3.05, 3.63) is 0 Å². The molecule has 2 heteroatoms. The molecular weight excluding hydrogens is 202 g/mol. The SMILES string of the molecule is CC1CCCCCC1NC1CCSC1C. The van der Waals surface area contributed by atoms with Crippen LogP contribution in [0.25, 0.3) is 0 Å². The Morgan fingerprint density at radius 2 is 1.73 bits per heavy atom. The molecule has 2 fully saturated rings. The van der Waals surface area contributed by atoms with E-state index in [1.807, 2.05) is 0 Å². The lowest BCUT2D eigenvalue weighted by atomic mass is 9.95. The molecule has 0 aromatic carbocycles. The first-order chi connectivity index (χ1) is 7.27. The first-order valence-electron chi connectivity index (χ1n) is 6.65. The van der Waals surface area contributed by atoms with E-state index >= 15 is 0 Å². The molecule has 0 bridgehead atoms. The largest absolute Gasteiger partial charge is 0.310 e. The fourth-order valence-electron chi connectivity index (χ4n) is 2.97. The molecule has 1 saturated heterocycles. The van der Waals surface area contributed by atoms with Gasteiger partial charge in [-0.3, -0.25) is 0 Å². The van der Waals surface area contributed by atoms with Crippen molar-refractivity contribution in [3.8, 4) is 0 Å². The standard InChI is InChI=1S/C13H25NS/c1-10-6-4-3-5-7-12(10)14-13-8-9-15-11(13)2/h10-14H,3-9H2,1-2H3. The van der Waals surface area contributed by atoms with Gasteiger partial charge in [0, 0.05) is 17.3 Å². The monoisotopic (exact) mass is 227 g/mol. The average Bonchev–Trinajstić information content (AvgIpc) is 2.50. The minimum atomic E-state index is 0.792. The normalized spacial score (nSPS) is 42.8. The van der Waals surface area contributed by atoms with E-state index in [4.69, 9.17) is 0 Å². The van der Waals surface area contributed by atoms with Crippen LogP contribution < -0.4 is 5.32 Å². The summed E-state index contributed by atoms with van der Waals surface area (Å²) in [5, 5.41) is 4.77. The van der Waals surface area contributed by atoms with Crippen LogP contribution >= 0.6 is 11.8 Å². The zero-order valence-electron chi connectivity index (χ0n) is 10.2. The summed E-state index contributed by atoms with van der Waals surface area (Å²) < 4.78 is 0. The zero-order valence-corrected chi connectivity index (χ0v) is 11.0. The van der Waals surface area contributed by atoms with E-state index in [0.29, 0.717) is 0 Å². The van der Waals surface area contributed by atoms with Crippen LogP contribution in [-0.2, 0) is 0 Å². The Morgan fingerprint density at radius 1 is 0.933 bits per heavy atom. The van der Waals surface area contributed by atoms with Crippen molar-refractivity contribution in [2.75, 3.05) is 5.75 Å². The Kier molecular flexibility index (Phi) is 4.39. The van der Waals surface area contributed by atoms with Gasteiger partial charge in [-0.25, -0.2) is 0 Å². The zero-order chi connectivity index (χ0) is 10.7. The van der Waals surface area contributed by atoms with Crippen molar-refractivity contribution in [2.24, 2.45) is 5.92 Å². The van der Waals surface area contributed by atoms with Crippen LogP contribution in [0.1, 0.15) is 52.4 Å². The van der Waals surface area contributed by atoms with Crippen molar-refractivity contribution < 1.29 is 0 Å². The minimum Gasteiger partial charge on any atom is -0.310 e. The highest BCUT2D eigenvalue weighted by molar-refractivity contribution is 8.00. The first kappa shape index (κ1) is 11.8. The maximum Gasteiger partial charge on any atom is 0.0194 e. The molecular formula is C13H25NS. The van der Waals surface area contributed by atoms with Crippen molar-refractivity contribution in [2.45, 2.75) is 69.7 Å². The van der Waals surface area contributed by atoms with Gasteiger partial charge in [0.2, 0.25) is 0 Å². The third kappa shape index (κ3) is 3.13. The predicted molar refractivity (Wildman–Crippen MR) is 69.5 cm³/mol. The van der Waals surface area contributed by atoms with Crippen LogP contribution in [0, 0.1) is 5.92 Å². The molecule has 1 nitrogen and oxygen atoms in total. The molecule has 88 valence electrons. The molecule has 0 amide bonds. The Bertz CT molecular complexity index is 195. The van der Waals surface area contributed by atoms with Gasteiger partial charge in [-0.1, -0.05) is 33.1 Å². The first-order valence-corrected chi connectivity index (χ1v) is 7.70. The second-order valence-corrected chi connectivity index (χ2v) is 6.84. The number of hydrogen-bond acceptors (Lipinski definition) is 2. The molecule has 0 radical (unpaired) electrons. The summed E-state index contributed by atoms with van der Waals surface area (Å²) in [5.74, 6) is 2.25. The predicted octanol–water partition coefficient (Wildman–Crippen LogP) is 3.44. The summed E-state index contributed by atoms with van der Waals surface area (Å²) in [6, 6.07) is 1.60. The maximum atomic E-state index is 3.94. The van der Waals surface area contributed by atoms with Crippen LogP contribution in [0.4, 0.5) is 0 Å². The fourth-order valence-corrected chi connectivity index (χ4v) is 4.17. The topological polar surface area (TPSA) is 12.0 Å². The number of rotatable bonds is 2. The van der Waals surface area contributed by atoms with Crippen molar-refractivity contribution in [1.29, 1.82) is 0 Å². The highest BCUT2D eigenvalue weighted by Gasteiger charge is 2.28. The quantitative estimate of drug-likeness (QED) is 0.725. The minimum absolute atomic E-state index is 0.792. The van der Waals surface area contributed by atoms with E-state index in [-0.39, 0.29) is 0 Å². The number of nitrogens with one attached hydrogen (secondary N) is 1. The second kappa shape index (κ2) is 5.58. The van der Waals surface area contributed by atoms with Crippen molar-refractivity contribution >= 4 is 11.8 Å². The van der Waals surface area contributed by atoms with Crippen LogP contribution in [0.15, 0.2) is 0 Å². The van der Waals surface area contributed by atoms with E-state index in [1.54, 1.807) is 0 Å². The molecule has 1 N–H and O–H groups in total. The molecule has 0 aromatic heterocycles. The Hall–Kier alpha value is 0.310. The molecule has 0 aromatic rings. The van der Waals surface area contributed by atoms with E-state index in [1.165, 1.54) is 44.3 Å². The molecule has 2 rings (SSSR count). The molecule has 1 aliphatic carbocycles. The van der Waals surface area contributed by atoms with Gasteiger partial charge in [-0.2, -0.15) is 11.8 Å². The highest BCUT2D eigenvalue weighted by Crippen LogP contribution is 2.29. The molecule has 0 spiro atoms. The fraction of sp³-hybridized carbons (Fsp3) is 1.00. The summed E-state index contributed by atoms with van der Waals surface area (Å²) in [6.07, 6.45) is 8.58. The van der Waals surface area contributed by atoms with Gasteiger partial charge in [0.1, 0.15) is 0 Å². The summed E-state index contributed by atoms with van der Waals surface area (Å²) in [4.78, 5) is 0. The molecule has 1 heterocycles. The van der Waals surface area contributed by atoms with Crippen molar-refractivity contribution in [3.63, 3.8) is 0 Å². The van der Waals surface area contributed by atoms with Crippen LogP contribution in [-0.4, -0.2) is 23.1 Å². The molecule has 1 saturated carbocycles. The summed E-state index contributed by atoms with van der Waals surface area (Å²) >= 11 is 2.14. The molecule has 4 atom stereocenters. The smallest absolute Gasteiger partial charge is 0.0194 e. The van der Waals surface area contributed by atoms with E-state index in [2.05, 4.69) is 30.9 Å². The van der Waals surface area contributed by atoms with E-state index in [0.717, 1.165) is 23.3 Å². The third-order valence-electron chi connectivity index (χ3n) is 4.17.